The van der Waals surface area contributed by atoms with Crippen molar-refractivity contribution in [1.29, 1.82) is 0 Å². The lowest BCUT2D eigenvalue weighted by Gasteiger charge is -2.23. The highest BCUT2D eigenvalue weighted by atomic mass is 79.9. The third-order valence-corrected chi connectivity index (χ3v) is 2.95. The molecule has 0 aromatic carbocycles. The summed E-state index contributed by atoms with van der Waals surface area (Å²) in [6, 6.07) is 1.87. The Kier molecular flexibility index (Phi) is 3.28. The summed E-state index contributed by atoms with van der Waals surface area (Å²) in [5.74, 6) is -0.0550. The van der Waals surface area contributed by atoms with Crippen molar-refractivity contribution in [1.82, 2.24) is 10.3 Å². The van der Waals surface area contributed by atoms with Gasteiger partial charge in [-0.3, -0.25) is 4.79 Å². The lowest BCUT2D eigenvalue weighted by molar-refractivity contribution is -0.120. The highest BCUT2D eigenvalue weighted by molar-refractivity contribution is 9.10. The smallest absolute Gasteiger partial charge is 0.404 e. The number of rotatable bonds is 2. The highest BCUT2D eigenvalue weighted by Crippen LogP contribution is 2.25. The van der Waals surface area contributed by atoms with Gasteiger partial charge in [-0.15, -0.1) is 0 Å². The van der Waals surface area contributed by atoms with Crippen LogP contribution in [-0.2, 0) is 11.2 Å². The molecule has 0 aliphatic carbocycles. The molecule has 0 bridgehead atoms. The van der Waals surface area contributed by atoms with Gasteiger partial charge in [0.05, 0.1) is 5.92 Å². The average Bonchev–Trinajstić information content (AvgIpc) is 2.26. The van der Waals surface area contributed by atoms with Crippen molar-refractivity contribution >= 4 is 33.7 Å². The van der Waals surface area contributed by atoms with E-state index in [9.17, 15) is 9.59 Å². The molecule has 1 aliphatic heterocycles. The Hall–Kier alpha value is -1.63. The number of fused-ring (bicyclic) bond motifs is 1. The minimum absolute atomic E-state index is 0.104. The first-order chi connectivity index (χ1) is 8.06. The Morgan fingerprint density at radius 1 is 1.71 bits per heavy atom. The van der Waals surface area contributed by atoms with Crippen LogP contribution < -0.4 is 10.6 Å². The van der Waals surface area contributed by atoms with Gasteiger partial charge in [0, 0.05) is 17.2 Å². The van der Waals surface area contributed by atoms with Crippen LogP contribution in [0.15, 0.2) is 16.7 Å². The molecule has 2 amide bonds. The first-order valence-corrected chi connectivity index (χ1v) is 5.77. The topological polar surface area (TPSA) is 91.3 Å². The van der Waals surface area contributed by atoms with E-state index in [1.165, 1.54) is 0 Å². The van der Waals surface area contributed by atoms with Crippen LogP contribution in [0, 0.1) is 5.92 Å². The Bertz CT molecular complexity index is 478. The lowest BCUT2D eigenvalue weighted by atomic mass is 9.95. The van der Waals surface area contributed by atoms with E-state index in [0.717, 1.165) is 10.0 Å². The first kappa shape index (κ1) is 11.8. The van der Waals surface area contributed by atoms with Gasteiger partial charge < -0.3 is 15.7 Å². The molecule has 0 spiro atoms. The predicted molar refractivity (Wildman–Crippen MR) is 63.8 cm³/mol. The van der Waals surface area contributed by atoms with Gasteiger partial charge >= 0.3 is 6.09 Å². The summed E-state index contributed by atoms with van der Waals surface area (Å²) in [4.78, 5) is 26.1. The SMILES string of the molecule is O=C(O)NCC1Cc2cc(Br)cnc2NC1=O. The molecule has 1 unspecified atom stereocenters. The molecule has 2 rings (SSSR count). The third kappa shape index (κ3) is 2.73. The van der Waals surface area contributed by atoms with Crippen molar-refractivity contribution in [2.45, 2.75) is 6.42 Å². The van der Waals surface area contributed by atoms with Crippen LogP contribution in [0.5, 0.6) is 0 Å². The summed E-state index contributed by atoms with van der Waals surface area (Å²) >= 11 is 3.30. The van der Waals surface area contributed by atoms with Crippen LogP contribution in [-0.4, -0.2) is 28.6 Å². The number of carbonyl (C=O) groups excluding carboxylic acids is 1. The molecule has 7 heteroatoms. The van der Waals surface area contributed by atoms with Gasteiger partial charge in [0.25, 0.3) is 0 Å². The third-order valence-electron chi connectivity index (χ3n) is 2.51. The molecule has 0 saturated carbocycles. The zero-order valence-electron chi connectivity index (χ0n) is 8.74. The van der Waals surface area contributed by atoms with E-state index in [0.29, 0.717) is 12.2 Å². The zero-order chi connectivity index (χ0) is 12.4. The second-order valence-corrected chi connectivity index (χ2v) is 4.65. The predicted octanol–water partition coefficient (Wildman–Crippen LogP) is 1.22. The lowest BCUT2D eigenvalue weighted by Crippen LogP contribution is -2.39. The number of nitrogens with one attached hydrogen (secondary N) is 2. The number of halogens is 1. The molecule has 1 aliphatic rings. The van der Waals surface area contributed by atoms with E-state index < -0.39 is 12.0 Å². The number of anilines is 1. The standard InChI is InChI=1S/C10H10BrN3O3/c11-7-2-5-1-6(3-13-10(16)17)9(15)14-8(5)12-4-7/h2,4,6,13H,1,3H2,(H,16,17)(H,12,14,15). The monoisotopic (exact) mass is 299 g/mol. The fourth-order valence-electron chi connectivity index (χ4n) is 1.70. The molecule has 3 N–H and O–H groups in total. The largest absolute Gasteiger partial charge is 0.465 e. The molecule has 17 heavy (non-hydrogen) atoms. The van der Waals surface area contributed by atoms with Gasteiger partial charge in [-0.2, -0.15) is 0 Å². The first-order valence-electron chi connectivity index (χ1n) is 4.98. The second-order valence-electron chi connectivity index (χ2n) is 3.74. The Labute approximate surface area is 106 Å². The second kappa shape index (κ2) is 4.70. The molecule has 6 nitrogen and oxygen atoms in total. The van der Waals surface area contributed by atoms with E-state index in [1.54, 1.807) is 6.20 Å². The van der Waals surface area contributed by atoms with Crippen LogP contribution in [0.2, 0.25) is 0 Å². The minimum atomic E-state index is -1.13. The molecule has 1 aromatic rings. The van der Waals surface area contributed by atoms with E-state index in [1.807, 2.05) is 6.07 Å². The molecule has 0 saturated heterocycles. The van der Waals surface area contributed by atoms with Gasteiger partial charge in [-0.1, -0.05) is 0 Å². The normalized spacial score (nSPS) is 18.2. The highest BCUT2D eigenvalue weighted by Gasteiger charge is 2.27. The number of carboxylic acid groups (broad SMARTS) is 1. The van der Waals surface area contributed by atoms with Gasteiger partial charge in [0.1, 0.15) is 5.82 Å². The molecule has 1 atom stereocenters. The molecule has 2 heterocycles. The summed E-state index contributed by atoms with van der Waals surface area (Å²) in [7, 11) is 0. The summed E-state index contributed by atoms with van der Waals surface area (Å²) in [6.45, 7) is 0.104. The Balaban J connectivity index is 2.14. The maximum Gasteiger partial charge on any atom is 0.404 e. The van der Waals surface area contributed by atoms with Crippen LogP contribution in [0.1, 0.15) is 5.56 Å². The maximum atomic E-state index is 11.7. The fourth-order valence-corrected chi connectivity index (χ4v) is 2.08. The van der Waals surface area contributed by atoms with Crippen molar-refractivity contribution in [2.75, 3.05) is 11.9 Å². The molecule has 90 valence electrons. The van der Waals surface area contributed by atoms with Crippen LogP contribution in [0.25, 0.3) is 0 Å². The van der Waals surface area contributed by atoms with Crippen molar-refractivity contribution < 1.29 is 14.7 Å². The van der Waals surface area contributed by atoms with Gasteiger partial charge in [-0.05, 0) is 34.0 Å². The van der Waals surface area contributed by atoms with E-state index in [-0.39, 0.29) is 12.5 Å². The van der Waals surface area contributed by atoms with Gasteiger partial charge in [-0.25, -0.2) is 9.78 Å². The van der Waals surface area contributed by atoms with Crippen LogP contribution in [0.3, 0.4) is 0 Å². The quantitative estimate of drug-likeness (QED) is 0.766. The average molecular weight is 300 g/mol. The Morgan fingerprint density at radius 2 is 2.47 bits per heavy atom. The number of nitrogens with zero attached hydrogens (tertiary/aromatic N) is 1. The minimum Gasteiger partial charge on any atom is -0.465 e. The van der Waals surface area contributed by atoms with E-state index in [2.05, 4.69) is 31.5 Å². The molecular weight excluding hydrogens is 290 g/mol. The van der Waals surface area contributed by atoms with Gasteiger partial charge in [0.15, 0.2) is 0 Å². The summed E-state index contributed by atoms with van der Waals surface area (Å²) < 4.78 is 0.831. The molecule has 0 fully saturated rings. The van der Waals surface area contributed by atoms with E-state index in [4.69, 9.17) is 5.11 Å². The van der Waals surface area contributed by atoms with Crippen molar-refractivity contribution in [3.63, 3.8) is 0 Å². The number of hydrogen-bond acceptors (Lipinski definition) is 3. The summed E-state index contributed by atoms with van der Waals surface area (Å²) in [6.07, 6.45) is 0.957. The number of pyridine rings is 1. The van der Waals surface area contributed by atoms with Crippen molar-refractivity contribution in [2.24, 2.45) is 5.92 Å². The number of aromatic nitrogens is 1. The number of amides is 2. The van der Waals surface area contributed by atoms with Gasteiger partial charge in [0.2, 0.25) is 5.91 Å². The van der Waals surface area contributed by atoms with Crippen LogP contribution in [0.4, 0.5) is 10.6 Å². The zero-order valence-corrected chi connectivity index (χ0v) is 10.3. The summed E-state index contributed by atoms with van der Waals surface area (Å²) in [5.41, 5.74) is 0.899. The molecule has 0 radical (unpaired) electrons. The maximum absolute atomic E-state index is 11.7. The van der Waals surface area contributed by atoms with E-state index >= 15 is 0 Å². The summed E-state index contributed by atoms with van der Waals surface area (Å²) in [5, 5.41) is 13.4. The fraction of sp³-hybridized carbons (Fsp3) is 0.300. The number of carbonyl (C=O) groups is 2. The molecule has 1 aromatic heterocycles. The molecular formula is C10H10BrN3O3. The van der Waals surface area contributed by atoms with Crippen molar-refractivity contribution in [3.05, 3.63) is 22.3 Å². The Morgan fingerprint density at radius 3 is 3.18 bits per heavy atom. The van der Waals surface area contributed by atoms with Crippen molar-refractivity contribution in [3.8, 4) is 0 Å². The van der Waals surface area contributed by atoms with Crippen LogP contribution >= 0.6 is 15.9 Å². The number of hydrogen-bond donors (Lipinski definition) is 3.